The third-order valence-corrected chi connectivity index (χ3v) is 4.66. The molecule has 0 atom stereocenters. The van der Waals surface area contributed by atoms with Crippen LogP contribution in [0.2, 0.25) is 0 Å². The molecule has 2 aromatic heterocycles. The van der Waals surface area contributed by atoms with Crippen LogP contribution in [0.5, 0.6) is 0 Å². The molecule has 0 aliphatic carbocycles. The van der Waals surface area contributed by atoms with Crippen molar-refractivity contribution in [3.05, 3.63) is 75.9 Å². The third kappa shape index (κ3) is 5.31. The third-order valence-electron chi connectivity index (χ3n) is 4.66. The SMILES string of the molecule is CCOC(=O)CCN(Cc1cccnc1)C(=O)c1nnn(-c2cccc([N+](=O)[O-])c2)c1C. The van der Waals surface area contributed by atoms with Crippen LogP contribution in [0.15, 0.2) is 48.8 Å². The number of rotatable bonds is 9. The number of nitro benzene ring substituents is 1. The summed E-state index contributed by atoms with van der Waals surface area (Å²) in [7, 11) is 0. The van der Waals surface area contributed by atoms with E-state index in [2.05, 4.69) is 15.3 Å². The summed E-state index contributed by atoms with van der Waals surface area (Å²) < 4.78 is 6.34. The Kier molecular flexibility index (Phi) is 7.21. The van der Waals surface area contributed by atoms with E-state index in [1.54, 1.807) is 38.4 Å². The van der Waals surface area contributed by atoms with Crippen molar-refractivity contribution in [1.29, 1.82) is 0 Å². The van der Waals surface area contributed by atoms with Gasteiger partial charge in [0.25, 0.3) is 11.6 Å². The number of nitro groups is 1. The molecule has 0 aliphatic rings. The Morgan fingerprint density at radius 3 is 2.75 bits per heavy atom. The van der Waals surface area contributed by atoms with Gasteiger partial charge in [-0.2, -0.15) is 0 Å². The van der Waals surface area contributed by atoms with Crippen LogP contribution in [-0.2, 0) is 16.1 Å². The van der Waals surface area contributed by atoms with Crippen LogP contribution in [0.3, 0.4) is 0 Å². The molecule has 0 unspecified atom stereocenters. The van der Waals surface area contributed by atoms with Gasteiger partial charge in [-0.25, -0.2) is 4.68 Å². The quantitative estimate of drug-likeness (QED) is 0.283. The van der Waals surface area contributed by atoms with Crippen molar-refractivity contribution < 1.29 is 19.2 Å². The minimum Gasteiger partial charge on any atom is -0.466 e. The number of carbonyl (C=O) groups excluding carboxylic acids is 2. The monoisotopic (exact) mass is 438 g/mol. The zero-order valence-corrected chi connectivity index (χ0v) is 17.7. The predicted octanol–water partition coefficient (Wildman–Crippen LogP) is 2.47. The number of amides is 1. The minimum absolute atomic E-state index is 0.0257. The van der Waals surface area contributed by atoms with Crippen LogP contribution < -0.4 is 0 Å². The molecule has 11 heteroatoms. The number of ether oxygens (including phenoxy) is 1. The first kappa shape index (κ1) is 22.5. The zero-order chi connectivity index (χ0) is 23.1. The molecule has 0 aliphatic heterocycles. The Morgan fingerprint density at radius 2 is 2.06 bits per heavy atom. The Hall–Kier alpha value is -4.15. The van der Waals surface area contributed by atoms with Gasteiger partial charge in [-0.3, -0.25) is 24.7 Å². The number of non-ortho nitro benzene ring substituents is 1. The van der Waals surface area contributed by atoms with Gasteiger partial charge in [-0.15, -0.1) is 5.10 Å². The van der Waals surface area contributed by atoms with Gasteiger partial charge < -0.3 is 9.64 Å². The average molecular weight is 438 g/mol. The second-order valence-electron chi connectivity index (χ2n) is 6.86. The van der Waals surface area contributed by atoms with E-state index < -0.39 is 16.8 Å². The first-order chi connectivity index (χ1) is 15.4. The van der Waals surface area contributed by atoms with Crippen molar-refractivity contribution in [2.75, 3.05) is 13.2 Å². The Bertz CT molecular complexity index is 1110. The van der Waals surface area contributed by atoms with Gasteiger partial charge in [-0.1, -0.05) is 17.3 Å². The van der Waals surface area contributed by atoms with E-state index in [1.165, 1.54) is 27.8 Å². The van der Waals surface area contributed by atoms with Crippen LogP contribution >= 0.6 is 0 Å². The first-order valence-electron chi connectivity index (χ1n) is 9.91. The second-order valence-corrected chi connectivity index (χ2v) is 6.86. The summed E-state index contributed by atoms with van der Waals surface area (Å²) >= 11 is 0. The number of benzene rings is 1. The summed E-state index contributed by atoms with van der Waals surface area (Å²) in [6.07, 6.45) is 3.29. The molecule has 3 aromatic rings. The van der Waals surface area contributed by atoms with Gasteiger partial charge in [0.15, 0.2) is 5.69 Å². The molecule has 0 spiro atoms. The van der Waals surface area contributed by atoms with E-state index in [-0.39, 0.29) is 37.5 Å². The average Bonchev–Trinajstić information content (AvgIpc) is 3.18. The summed E-state index contributed by atoms with van der Waals surface area (Å²) in [5.41, 5.74) is 1.60. The van der Waals surface area contributed by atoms with Crippen LogP contribution in [-0.4, -0.2) is 54.8 Å². The van der Waals surface area contributed by atoms with Crippen molar-refractivity contribution in [1.82, 2.24) is 24.9 Å². The molecule has 0 fully saturated rings. The second kappa shape index (κ2) is 10.2. The molecule has 166 valence electrons. The molecular formula is C21H22N6O5. The summed E-state index contributed by atoms with van der Waals surface area (Å²) in [6.45, 7) is 3.96. The number of nitrogens with zero attached hydrogens (tertiary/aromatic N) is 6. The molecule has 1 amide bonds. The lowest BCUT2D eigenvalue weighted by atomic mass is 10.2. The minimum atomic E-state index is -0.507. The molecule has 3 rings (SSSR count). The summed E-state index contributed by atoms with van der Waals surface area (Å²) in [5.74, 6) is -0.833. The fourth-order valence-electron chi connectivity index (χ4n) is 3.08. The van der Waals surface area contributed by atoms with Crippen LogP contribution in [0.4, 0.5) is 5.69 Å². The van der Waals surface area contributed by atoms with E-state index in [9.17, 15) is 19.7 Å². The number of pyridine rings is 1. The number of carbonyl (C=O) groups is 2. The Balaban J connectivity index is 1.87. The highest BCUT2D eigenvalue weighted by Crippen LogP contribution is 2.19. The van der Waals surface area contributed by atoms with Gasteiger partial charge >= 0.3 is 5.97 Å². The van der Waals surface area contributed by atoms with Gasteiger partial charge in [0.1, 0.15) is 0 Å². The van der Waals surface area contributed by atoms with Crippen molar-refractivity contribution >= 4 is 17.6 Å². The summed E-state index contributed by atoms with van der Waals surface area (Å²) in [5, 5.41) is 19.1. The molecular weight excluding hydrogens is 416 g/mol. The van der Waals surface area contributed by atoms with Crippen molar-refractivity contribution in [3.63, 3.8) is 0 Å². The smallest absolute Gasteiger partial charge is 0.307 e. The predicted molar refractivity (Wildman–Crippen MR) is 113 cm³/mol. The lowest BCUT2D eigenvalue weighted by molar-refractivity contribution is -0.384. The van der Waals surface area contributed by atoms with E-state index in [0.717, 1.165) is 5.56 Å². The van der Waals surface area contributed by atoms with Crippen LogP contribution in [0.25, 0.3) is 5.69 Å². The Morgan fingerprint density at radius 1 is 1.25 bits per heavy atom. The van der Waals surface area contributed by atoms with E-state index >= 15 is 0 Å². The van der Waals surface area contributed by atoms with E-state index in [4.69, 9.17) is 4.74 Å². The van der Waals surface area contributed by atoms with Crippen LogP contribution in [0.1, 0.15) is 35.1 Å². The fourth-order valence-corrected chi connectivity index (χ4v) is 3.08. The topological polar surface area (TPSA) is 133 Å². The fraction of sp³-hybridized carbons (Fsp3) is 0.286. The summed E-state index contributed by atoms with van der Waals surface area (Å²) in [6, 6.07) is 9.47. The van der Waals surface area contributed by atoms with Gasteiger partial charge in [-0.05, 0) is 31.5 Å². The standard InChI is InChI=1S/C21H22N6O5/c1-3-32-19(28)9-11-25(14-16-6-5-10-22-13-16)21(29)20-15(2)26(24-23-20)17-7-4-8-18(12-17)27(30)31/h4-8,10,12-13H,3,9,11,14H2,1-2H3. The van der Waals surface area contributed by atoms with Crippen LogP contribution in [0, 0.1) is 17.0 Å². The van der Waals surface area contributed by atoms with Crippen molar-refractivity contribution in [2.24, 2.45) is 0 Å². The van der Waals surface area contributed by atoms with Crippen molar-refractivity contribution in [2.45, 2.75) is 26.8 Å². The molecule has 0 N–H and O–H groups in total. The molecule has 0 bridgehead atoms. The molecule has 0 radical (unpaired) electrons. The first-order valence-corrected chi connectivity index (χ1v) is 9.91. The normalized spacial score (nSPS) is 10.6. The molecule has 0 saturated heterocycles. The molecule has 1 aromatic carbocycles. The number of esters is 1. The lowest BCUT2D eigenvalue weighted by Gasteiger charge is -2.21. The Labute approximate surface area is 183 Å². The number of hydrogen-bond donors (Lipinski definition) is 0. The number of aromatic nitrogens is 4. The highest BCUT2D eigenvalue weighted by Gasteiger charge is 2.24. The largest absolute Gasteiger partial charge is 0.466 e. The maximum Gasteiger partial charge on any atom is 0.307 e. The highest BCUT2D eigenvalue weighted by molar-refractivity contribution is 5.93. The van der Waals surface area contributed by atoms with Gasteiger partial charge in [0, 0.05) is 37.6 Å². The summed E-state index contributed by atoms with van der Waals surface area (Å²) in [4.78, 5) is 41.2. The van der Waals surface area contributed by atoms with Gasteiger partial charge in [0.2, 0.25) is 0 Å². The maximum atomic E-state index is 13.3. The lowest BCUT2D eigenvalue weighted by Crippen LogP contribution is -2.33. The highest BCUT2D eigenvalue weighted by atomic mass is 16.6. The van der Waals surface area contributed by atoms with Gasteiger partial charge in [0.05, 0.1) is 29.3 Å². The van der Waals surface area contributed by atoms with E-state index in [0.29, 0.717) is 11.4 Å². The maximum absolute atomic E-state index is 13.3. The van der Waals surface area contributed by atoms with E-state index in [1.807, 2.05) is 6.07 Å². The number of hydrogen-bond acceptors (Lipinski definition) is 8. The molecule has 2 heterocycles. The molecule has 0 saturated carbocycles. The zero-order valence-electron chi connectivity index (χ0n) is 17.7. The molecule has 32 heavy (non-hydrogen) atoms. The van der Waals surface area contributed by atoms with Crippen molar-refractivity contribution in [3.8, 4) is 5.69 Å². The molecule has 11 nitrogen and oxygen atoms in total.